The average Bonchev–Trinajstić information content (AvgIpc) is 2.39. The monoisotopic (exact) mass is 276 g/mol. The lowest BCUT2D eigenvalue weighted by molar-refractivity contribution is 0.290. The highest BCUT2D eigenvalue weighted by Crippen LogP contribution is 2.27. The molecule has 1 saturated heterocycles. The standard InChI is InChI=1S/C16H24N2S/c1-16(2,3)14-10-12-19-15(18-14)17-11-9-13-7-5-4-6-8-13/h4-8,14H,9-12H2,1-3H3,(H,17,18). The number of nitrogens with one attached hydrogen (secondary N) is 1. The molecule has 1 aromatic carbocycles. The van der Waals surface area contributed by atoms with Gasteiger partial charge in [0.1, 0.15) is 0 Å². The molecule has 2 rings (SSSR count). The first kappa shape index (κ1) is 14.4. The van der Waals surface area contributed by atoms with Crippen LogP contribution in [-0.2, 0) is 6.42 Å². The molecule has 1 unspecified atom stereocenters. The van der Waals surface area contributed by atoms with Crippen LogP contribution in [-0.4, -0.2) is 23.5 Å². The number of thioether (sulfide) groups is 1. The molecule has 1 atom stereocenters. The molecule has 3 heteroatoms. The lowest BCUT2D eigenvalue weighted by Crippen LogP contribution is -2.46. The van der Waals surface area contributed by atoms with Gasteiger partial charge in [-0.1, -0.05) is 62.9 Å². The summed E-state index contributed by atoms with van der Waals surface area (Å²) in [5.41, 5.74) is 1.67. The molecule has 0 saturated carbocycles. The van der Waals surface area contributed by atoms with Crippen molar-refractivity contribution in [3.63, 3.8) is 0 Å². The van der Waals surface area contributed by atoms with Crippen molar-refractivity contribution in [1.82, 2.24) is 5.32 Å². The minimum atomic E-state index is 0.307. The second-order valence-electron chi connectivity index (χ2n) is 6.12. The zero-order valence-corrected chi connectivity index (χ0v) is 13.0. The van der Waals surface area contributed by atoms with Crippen LogP contribution in [0.2, 0.25) is 0 Å². The minimum absolute atomic E-state index is 0.307. The summed E-state index contributed by atoms with van der Waals surface area (Å²) in [7, 11) is 0. The average molecular weight is 276 g/mol. The van der Waals surface area contributed by atoms with E-state index in [2.05, 4.69) is 56.4 Å². The number of nitrogens with zero attached hydrogens (tertiary/aromatic N) is 1. The molecule has 1 aromatic rings. The van der Waals surface area contributed by atoms with Crippen LogP contribution < -0.4 is 5.32 Å². The van der Waals surface area contributed by atoms with Gasteiger partial charge in [-0.15, -0.1) is 0 Å². The molecule has 0 amide bonds. The fourth-order valence-corrected chi connectivity index (χ4v) is 3.16. The van der Waals surface area contributed by atoms with E-state index in [-0.39, 0.29) is 0 Å². The van der Waals surface area contributed by atoms with Gasteiger partial charge >= 0.3 is 0 Å². The van der Waals surface area contributed by atoms with Gasteiger partial charge in [0.15, 0.2) is 5.17 Å². The Balaban J connectivity index is 1.86. The van der Waals surface area contributed by atoms with Gasteiger partial charge in [0.25, 0.3) is 0 Å². The summed E-state index contributed by atoms with van der Waals surface area (Å²) in [6, 6.07) is 11.1. The van der Waals surface area contributed by atoms with Gasteiger partial charge < -0.3 is 5.32 Å². The van der Waals surface area contributed by atoms with Gasteiger partial charge in [-0.3, -0.25) is 4.99 Å². The number of amidine groups is 1. The van der Waals surface area contributed by atoms with Crippen LogP contribution in [0.5, 0.6) is 0 Å². The minimum Gasteiger partial charge on any atom is -0.362 e. The van der Waals surface area contributed by atoms with Crippen molar-refractivity contribution in [2.75, 3.05) is 12.3 Å². The van der Waals surface area contributed by atoms with E-state index in [1.165, 1.54) is 17.7 Å². The van der Waals surface area contributed by atoms with Crippen molar-refractivity contribution < 1.29 is 0 Å². The first-order chi connectivity index (χ1) is 9.05. The zero-order valence-electron chi connectivity index (χ0n) is 12.1. The smallest absolute Gasteiger partial charge is 0.156 e. The molecular weight excluding hydrogens is 252 g/mol. The van der Waals surface area contributed by atoms with Gasteiger partial charge in [-0.25, -0.2) is 0 Å². The van der Waals surface area contributed by atoms with E-state index in [9.17, 15) is 0 Å². The fourth-order valence-electron chi connectivity index (χ4n) is 2.21. The third-order valence-electron chi connectivity index (χ3n) is 3.49. The quantitative estimate of drug-likeness (QED) is 0.910. The van der Waals surface area contributed by atoms with Crippen molar-refractivity contribution in [1.29, 1.82) is 0 Å². The maximum Gasteiger partial charge on any atom is 0.156 e. The molecule has 1 aliphatic heterocycles. The predicted molar refractivity (Wildman–Crippen MR) is 85.9 cm³/mol. The Morgan fingerprint density at radius 3 is 2.68 bits per heavy atom. The lowest BCUT2D eigenvalue weighted by Gasteiger charge is -2.35. The Kier molecular flexibility index (Phi) is 4.92. The van der Waals surface area contributed by atoms with Crippen molar-refractivity contribution in [3.05, 3.63) is 35.9 Å². The Morgan fingerprint density at radius 1 is 1.26 bits per heavy atom. The molecule has 0 aromatic heterocycles. The topological polar surface area (TPSA) is 24.4 Å². The van der Waals surface area contributed by atoms with E-state index in [4.69, 9.17) is 4.99 Å². The van der Waals surface area contributed by atoms with Crippen molar-refractivity contribution in [3.8, 4) is 0 Å². The SMILES string of the molecule is CC(C)(C)C1CCSC(=NCCc2ccccc2)N1. The Bertz CT molecular complexity index is 420. The number of hydrogen-bond acceptors (Lipinski definition) is 2. The molecule has 1 aliphatic rings. The largest absolute Gasteiger partial charge is 0.362 e. The van der Waals surface area contributed by atoms with E-state index in [1.54, 1.807) is 0 Å². The highest BCUT2D eigenvalue weighted by atomic mass is 32.2. The van der Waals surface area contributed by atoms with E-state index in [0.717, 1.165) is 18.1 Å². The Morgan fingerprint density at radius 2 is 2.00 bits per heavy atom. The number of benzene rings is 1. The third-order valence-corrected chi connectivity index (χ3v) is 4.45. The number of rotatable bonds is 3. The summed E-state index contributed by atoms with van der Waals surface area (Å²) in [6.07, 6.45) is 2.25. The molecule has 1 fully saturated rings. The molecule has 1 N–H and O–H groups in total. The van der Waals surface area contributed by atoms with Crippen molar-refractivity contribution >= 4 is 16.9 Å². The van der Waals surface area contributed by atoms with Crippen LogP contribution in [0.15, 0.2) is 35.3 Å². The maximum atomic E-state index is 4.71. The first-order valence-electron chi connectivity index (χ1n) is 7.03. The summed E-state index contributed by atoms with van der Waals surface area (Å²) in [5, 5.41) is 4.72. The van der Waals surface area contributed by atoms with Crippen LogP contribution >= 0.6 is 11.8 Å². The van der Waals surface area contributed by atoms with Gasteiger partial charge in [0, 0.05) is 18.3 Å². The summed E-state index contributed by atoms with van der Waals surface area (Å²) in [6.45, 7) is 7.75. The summed E-state index contributed by atoms with van der Waals surface area (Å²) >= 11 is 1.86. The Labute approximate surface area is 121 Å². The van der Waals surface area contributed by atoms with Crippen LogP contribution in [0.3, 0.4) is 0 Å². The summed E-state index contributed by atoms with van der Waals surface area (Å²) in [4.78, 5) is 4.71. The predicted octanol–water partition coefficient (Wildman–Crippen LogP) is 3.73. The molecule has 104 valence electrons. The molecule has 2 nitrogen and oxygen atoms in total. The van der Waals surface area contributed by atoms with Crippen molar-refractivity contribution in [2.24, 2.45) is 10.4 Å². The van der Waals surface area contributed by atoms with E-state index >= 15 is 0 Å². The van der Waals surface area contributed by atoms with Crippen molar-refractivity contribution in [2.45, 2.75) is 39.7 Å². The third kappa shape index (κ3) is 4.57. The second-order valence-corrected chi connectivity index (χ2v) is 7.21. The molecular formula is C16H24N2S. The highest BCUT2D eigenvalue weighted by Gasteiger charge is 2.28. The molecule has 0 radical (unpaired) electrons. The van der Waals surface area contributed by atoms with Crippen LogP contribution in [0.1, 0.15) is 32.8 Å². The fraction of sp³-hybridized carbons (Fsp3) is 0.562. The first-order valence-corrected chi connectivity index (χ1v) is 8.02. The van der Waals surface area contributed by atoms with Crippen LogP contribution in [0.4, 0.5) is 0 Å². The molecule has 0 spiro atoms. The van der Waals surface area contributed by atoms with E-state index in [1.807, 2.05) is 11.8 Å². The van der Waals surface area contributed by atoms with Gasteiger partial charge in [-0.2, -0.15) is 0 Å². The molecule has 0 aliphatic carbocycles. The van der Waals surface area contributed by atoms with E-state index < -0.39 is 0 Å². The van der Waals surface area contributed by atoms with Gasteiger partial charge in [0.05, 0.1) is 0 Å². The van der Waals surface area contributed by atoms with Crippen LogP contribution in [0.25, 0.3) is 0 Å². The Hall–Kier alpha value is -0.960. The lowest BCUT2D eigenvalue weighted by atomic mass is 9.85. The maximum absolute atomic E-state index is 4.71. The second kappa shape index (κ2) is 6.47. The summed E-state index contributed by atoms with van der Waals surface area (Å²) < 4.78 is 0. The number of aliphatic imine (C=N–C) groups is 1. The molecule has 1 heterocycles. The normalized spacial score (nSPS) is 22.3. The zero-order chi connectivity index (χ0) is 13.7. The van der Waals surface area contributed by atoms with E-state index in [0.29, 0.717) is 11.5 Å². The molecule has 19 heavy (non-hydrogen) atoms. The highest BCUT2D eigenvalue weighted by molar-refractivity contribution is 8.13. The van der Waals surface area contributed by atoms with Gasteiger partial charge in [-0.05, 0) is 23.8 Å². The number of hydrogen-bond donors (Lipinski definition) is 1. The molecule has 0 bridgehead atoms. The summed E-state index contributed by atoms with van der Waals surface area (Å²) in [5.74, 6) is 1.18. The van der Waals surface area contributed by atoms with Crippen LogP contribution in [0, 0.1) is 5.41 Å². The van der Waals surface area contributed by atoms with Gasteiger partial charge in [0.2, 0.25) is 0 Å².